The second-order valence-corrected chi connectivity index (χ2v) is 4.79. The number of rotatable bonds is 5. The van der Waals surface area contributed by atoms with Gasteiger partial charge in [-0.05, 0) is 11.5 Å². The van der Waals surface area contributed by atoms with Crippen molar-refractivity contribution in [1.82, 2.24) is 14.8 Å². The zero-order chi connectivity index (χ0) is 15.4. The number of methoxy groups -OCH3 is 1. The van der Waals surface area contributed by atoms with E-state index in [2.05, 4.69) is 15.4 Å². The van der Waals surface area contributed by atoms with Crippen molar-refractivity contribution in [3.63, 3.8) is 0 Å². The summed E-state index contributed by atoms with van der Waals surface area (Å²) in [6.07, 6.45) is 3.43. The van der Waals surface area contributed by atoms with Gasteiger partial charge in [0.2, 0.25) is 0 Å². The van der Waals surface area contributed by atoms with Gasteiger partial charge in [-0.15, -0.1) is 0 Å². The van der Waals surface area contributed by atoms with Crippen LogP contribution in [-0.4, -0.2) is 34.4 Å². The van der Waals surface area contributed by atoms with Crippen LogP contribution < -0.4 is 5.32 Å². The monoisotopic (exact) mass is 296 g/mol. The van der Waals surface area contributed by atoms with Gasteiger partial charge in [0.05, 0.1) is 13.2 Å². The standard InChI is InChI=1S/C16H16N4O2/c1-22-11-10-20-9-7-14(19-20)18-16(21)15-13-5-3-2-4-12(13)6-8-17-15/h2-9H,10-11H2,1H3,(H,18,19,21). The normalized spacial score (nSPS) is 10.8. The highest BCUT2D eigenvalue weighted by Crippen LogP contribution is 2.17. The number of carbonyl (C=O) groups excluding carboxylic acids is 1. The van der Waals surface area contributed by atoms with Crippen LogP contribution in [0, 0.1) is 0 Å². The largest absolute Gasteiger partial charge is 0.383 e. The number of nitrogens with zero attached hydrogens (tertiary/aromatic N) is 3. The molecule has 0 unspecified atom stereocenters. The summed E-state index contributed by atoms with van der Waals surface area (Å²) in [5.74, 6) is 0.227. The van der Waals surface area contributed by atoms with Gasteiger partial charge in [-0.2, -0.15) is 5.10 Å². The lowest BCUT2D eigenvalue weighted by atomic mass is 10.1. The lowest BCUT2D eigenvalue weighted by Crippen LogP contribution is -2.15. The maximum absolute atomic E-state index is 12.4. The maximum atomic E-state index is 12.4. The van der Waals surface area contributed by atoms with Crippen LogP contribution in [0.3, 0.4) is 0 Å². The van der Waals surface area contributed by atoms with E-state index in [4.69, 9.17) is 4.74 Å². The van der Waals surface area contributed by atoms with Gasteiger partial charge in [-0.1, -0.05) is 24.3 Å². The van der Waals surface area contributed by atoms with E-state index in [9.17, 15) is 4.79 Å². The van der Waals surface area contributed by atoms with Gasteiger partial charge in [-0.25, -0.2) is 0 Å². The van der Waals surface area contributed by atoms with Crippen LogP contribution >= 0.6 is 0 Å². The molecule has 0 spiro atoms. The first kappa shape index (κ1) is 14.2. The number of pyridine rings is 1. The first-order valence-corrected chi connectivity index (χ1v) is 6.95. The summed E-state index contributed by atoms with van der Waals surface area (Å²) in [6.45, 7) is 1.21. The number of hydrogen-bond donors (Lipinski definition) is 1. The molecule has 6 heteroatoms. The number of amides is 1. The van der Waals surface area contributed by atoms with Crippen molar-refractivity contribution in [2.45, 2.75) is 6.54 Å². The third-order valence-electron chi connectivity index (χ3n) is 3.30. The molecule has 0 aliphatic heterocycles. The molecule has 2 heterocycles. The molecule has 22 heavy (non-hydrogen) atoms. The van der Waals surface area contributed by atoms with E-state index in [1.165, 1.54) is 0 Å². The molecule has 112 valence electrons. The molecule has 6 nitrogen and oxygen atoms in total. The summed E-state index contributed by atoms with van der Waals surface area (Å²) >= 11 is 0. The van der Waals surface area contributed by atoms with Crippen molar-refractivity contribution >= 4 is 22.5 Å². The Morgan fingerprint density at radius 2 is 2.14 bits per heavy atom. The van der Waals surface area contributed by atoms with Crippen molar-refractivity contribution < 1.29 is 9.53 Å². The fourth-order valence-electron chi connectivity index (χ4n) is 2.21. The van der Waals surface area contributed by atoms with Gasteiger partial charge in [-0.3, -0.25) is 14.5 Å². The summed E-state index contributed by atoms with van der Waals surface area (Å²) in [7, 11) is 1.64. The number of hydrogen-bond acceptors (Lipinski definition) is 4. The average molecular weight is 296 g/mol. The van der Waals surface area contributed by atoms with E-state index in [1.54, 1.807) is 30.3 Å². The predicted octanol–water partition coefficient (Wildman–Crippen LogP) is 2.33. The van der Waals surface area contributed by atoms with Gasteiger partial charge in [0.15, 0.2) is 5.82 Å². The van der Waals surface area contributed by atoms with Crippen molar-refractivity contribution in [2.24, 2.45) is 0 Å². The Kier molecular flexibility index (Phi) is 4.11. The zero-order valence-corrected chi connectivity index (χ0v) is 12.2. The Morgan fingerprint density at radius 1 is 1.27 bits per heavy atom. The fourth-order valence-corrected chi connectivity index (χ4v) is 2.21. The lowest BCUT2D eigenvalue weighted by Gasteiger charge is -2.05. The van der Waals surface area contributed by atoms with Crippen molar-refractivity contribution in [3.05, 3.63) is 54.5 Å². The number of fused-ring (bicyclic) bond motifs is 1. The number of benzene rings is 1. The van der Waals surface area contributed by atoms with Crippen LogP contribution in [0.25, 0.3) is 10.8 Å². The molecule has 3 aromatic rings. The zero-order valence-electron chi connectivity index (χ0n) is 12.2. The fraction of sp³-hybridized carbons (Fsp3) is 0.188. The molecular weight excluding hydrogens is 280 g/mol. The van der Waals surface area contributed by atoms with E-state index < -0.39 is 0 Å². The Balaban J connectivity index is 1.80. The number of anilines is 1. The van der Waals surface area contributed by atoms with E-state index >= 15 is 0 Å². The molecule has 0 aliphatic carbocycles. The third-order valence-corrected chi connectivity index (χ3v) is 3.30. The molecule has 1 aromatic carbocycles. The highest BCUT2D eigenvalue weighted by Gasteiger charge is 2.12. The van der Waals surface area contributed by atoms with Crippen LogP contribution in [0.2, 0.25) is 0 Å². The van der Waals surface area contributed by atoms with Crippen LogP contribution in [0.5, 0.6) is 0 Å². The average Bonchev–Trinajstić information content (AvgIpc) is 2.99. The maximum Gasteiger partial charge on any atom is 0.276 e. The van der Waals surface area contributed by atoms with E-state index in [0.29, 0.717) is 24.7 Å². The van der Waals surface area contributed by atoms with Crippen LogP contribution in [0.15, 0.2) is 48.8 Å². The number of ether oxygens (including phenoxy) is 1. The Bertz CT molecular complexity index is 792. The van der Waals surface area contributed by atoms with Crippen LogP contribution in [0.1, 0.15) is 10.5 Å². The summed E-state index contributed by atoms with van der Waals surface area (Å²) in [5.41, 5.74) is 0.393. The Labute approximate surface area is 127 Å². The van der Waals surface area contributed by atoms with Gasteiger partial charge in [0.25, 0.3) is 5.91 Å². The second kappa shape index (κ2) is 6.36. The molecule has 2 aromatic heterocycles. The topological polar surface area (TPSA) is 69.0 Å². The molecule has 0 aliphatic rings. The van der Waals surface area contributed by atoms with Crippen LogP contribution in [-0.2, 0) is 11.3 Å². The third kappa shape index (κ3) is 2.96. The number of nitrogens with one attached hydrogen (secondary N) is 1. The van der Waals surface area contributed by atoms with Crippen molar-refractivity contribution in [1.29, 1.82) is 0 Å². The molecule has 3 rings (SSSR count). The molecule has 0 fully saturated rings. The van der Waals surface area contributed by atoms with Crippen molar-refractivity contribution in [2.75, 3.05) is 19.0 Å². The lowest BCUT2D eigenvalue weighted by molar-refractivity contribution is 0.102. The molecule has 1 amide bonds. The SMILES string of the molecule is COCCn1ccc(NC(=O)c2nccc3ccccc23)n1. The first-order valence-electron chi connectivity index (χ1n) is 6.95. The van der Waals surface area contributed by atoms with Crippen LogP contribution in [0.4, 0.5) is 5.82 Å². The molecular formula is C16H16N4O2. The summed E-state index contributed by atoms with van der Waals surface area (Å²) in [6, 6.07) is 11.3. The van der Waals surface area contributed by atoms with Gasteiger partial charge >= 0.3 is 0 Å². The van der Waals surface area contributed by atoms with Crippen molar-refractivity contribution in [3.8, 4) is 0 Å². The molecule has 1 N–H and O–H groups in total. The summed E-state index contributed by atoms with van der Waals surface area (Å²) < 4.78 is 6.71. The molecule has 0 atom stereocenters. The predicted molar refractivity (Wildman–Crippen MR) is 83.8 cm³/mol. The van der Waals surface area contributed by atoms with Gasteiger partial charge in [0, 0.05) is 31.0 Å². The molecule has 0 bridgehead atoms. The first-order chi connectivity index (χ1) is 10.8. The molecule has 0 saturated carbocycles. The highest BCUT2D eigenvalue weighted by atomic mass is 16.5. The molecule has 0 saturated heterocycles. The highest BCUT2D eigenvalue weighted by molar-refractivity contribution is 6.10. The van der Waals surface area contributed by atoms with E-state index in [-0.39, 0.29) is 5.91 Å². The smallest absolute Gasteiger partial charge is 0.276 e. The molecule has 0 radical (unpaired) electrons. The number of aromatic nitrogens is 3. The Morgan fingerprint density at radius 3 is 3.00 bits per heavy atom. The summed E-state index contributed by atoms with van der Waals surface area (Å²) in [5, 5.41) is 8.84. The van der Waals surface area contributed by atoms with E-state index in [0.717, 1.165) is 10.8 Å². The summed E-state index contributed by atoms with van der Waals surface area (Å²) in [4.78, 5) is 16.6. The Hall–Kier alpha value is -2.73. The van der Waals surface area contributed by atoms with Gasteiger partial charge in [0.1, 0.15) is 5.69 Å². The van der Waals surface area contributed by atoms with Gasteiger partial charge < -0.3 is 10.1 Å². The second-order valence-electron chi connectivity index (χ2n) is 4.79. The quantitative estimate of drug-likeness (QED) is 0.784. The minimum absolute atomic E-state index is 0.270. The minimum atomic E-state index is -0.270. The minimum Gasteiger partial charge on any atom is -0.383 e. The number of carbonyl (C=O) groups is 1. The van der Waals surface area contributed by atoms with E-state index in [1.807, 2.05) is 30.3 Å².